The van der Waals surface area contributed by atoms with E-state index in [2.05, 4.69) is 30.8 Å². The number of carbonyl (C=O) groups is 2. The average Bonchev–Trinajstić information content (AvgIpc) is 3.54. The second-order valence-corrected chi connectivity index (χ2v) is 8.55. The van der Waals surface area contributed by atoms with Crippen LogP contribution < -0.4 is 26.0 Å². The molecule has 36 heavy (non-hydrogen) atoms. The predicted molar refractivity (Wildman–Crippen MR) is 132 cm³/mol. The fraction of sp³-hybridized carbons (Fsp3) is 0.174. The Morgan fingerprint density at radius 1 is 1.14 bits per heavy atom. The summed E-state index contributed by atoms with van der Waals surface area (Å²) in [6.45, 7) is 0.163. The number of hydrogen-bond donors (Lipinski definition) is 5. The van der Waals surface area contributed by atoms with Gasteiger partial charge < -0.3 is 20.9 Å². The van der Waals surface area contributed by atoms with Crippen LogP contribution in [0.25, 0.3) is 16.9 Å². The molecule has 4 rings (SSSR count). The van der Waals surface area contributed by atoms with Crippen molar-refractivity contribution in [1.82, 2.24) is 30.8 Å². The largest absolute Gasteiger partial charge is 0.418 e. The van der Waals surface area contributed by atoms with Gasteiger partial charge in [-0.15, -0.1) is 5.48 Å². The number of carbonyl (C=O) groups excluding carboxylic acids is 2. The summed E-state index contributed by atoms with van der Waals surface area (Å²) in [7, 11) is 0. The van der Waals surface area contributed by atoms with Gasteiger partial charge in [0, 0.05) is 61.4 Å². The Kier molecular flexibility index (Phi) is 8.16. The maximum Gasteiger partial charge on any atom is 0.418 e. The van der Waals surface area contributed by atoms with Crippen molar-refractivity contribution in [2.45, 2.75) is 18.9 Å². The van der Waals surface area contributed by atoms with Crippen molar-refractivity contribution in [2.24, 2.45) is 5.73 Å². The highest BCUT2D eigenvalue weighted by Gasteiger charge is 2.23. The Labute approximate surface area is 215 Å². The molecule has 0 aliphatic carbocycles. The van der Waals surface area contributed by atoms with E-state index in [-0.39, 0.29) is 25.3 Å². The number of halogens is 2. The van der Waals surface area contributed by atoms with Gasteiger partial charge in [-0.2, -0.15) is 5.10 Å². The quantitative estimate of drug-likeness (QED) is 0.113. The molecule has 13 heteroatoms. The van der Waals surface area contributed by atoms with Crippen LogP contribution in [0, 0.1) is 0 Å². The smallest absolute Gasteiger partial charge is 0.368 e. The van der Waals surface area contributed by atoms with E-state index in [1.807, 2.05) is 12.1 Å². The minimum absolute atomic E-state index is 0.0411. The number of amides is 2. The highest BCUT2D eigenvalue weighted by atomic mass is 35.5. The van der Waals surface area contributed by atoms with Gasteiger partial charge in [-0.1, -0.05) is 23.2 Å². The summed E-state index contributed by atoms with van der Waals surface area (Å²) in [6.07, 6.45) is 6.71. The van der Waals surface area contributed by atoms with Crippen molar-refractivity contribution in [3.63, 3.8) is 0 Å². The maximum absolute atomic E-state index is 12.4. The molecule has 4 aromatic rings. The van der Waals surface area contributed by atoms with E-state index in [0.717, 1.165) is 11.3 Å². The van der Waals surface area contributed by atoms with E-state index >= 15 is 0 Å². The number of H-pyrrole nitrogens is 2. The number of nitrogens with two attached hydrogens (primary N) is 1. The molecule has 0 spiro atoms. The number of hydroxylamine groups is 1. The van der Waals surface area contributed by atoms with E-state index < -0.39 is 11.9 Å². The van der Waals surface area contributed by atoms with Gasteiger partial charge in [0.05, 0.1) is 22.4 Å². The summed E-state index contributed by atoms with van der Waals surface area (Å²) in [5.74, 6) is -0.598. The summed E-state index contributed by atoms with van der Waals surface area (Å²) in [4.78, 5) is 40.7. The van der Waals surface area contributed by atoms with Crippen molar-refractivity contribution < 1.29 is 19.1 Å². The Balaban J connectivity index is 1.40. The zero-order chi connectivity index (χ0) is 25.5. The van der Waals surface area contributed by atoms with Crippen LogP contribution in [0.3, 0.4) is 0 Å². The minimum atomic E-state index is -0.859. The van der Waals surface area contributed by atoms with Gasteiger partial charge in [0.2, 0.25) is 17.5 Å². The number of hydrogen-bond acceptors (Lipinski definition) is 6. The maximum atomic E-state index is 12.4. The van der Waals surface area contributed by atoms with E-state index in [1.54, 1.807) is 47.5 Å². The first-order valence-electron chi connectivity index (χ1n) is 10.9. The third-order valence-corrected chi connectivity index (χ3v) is 5.88. The lowest BCUT2D eigenvalue weighted by molar-refractivity contribution is -0.661. The lowest BCUT2D eigenvalue weighted by atomic mass is 10.1. The van der Waals surface area contributed by atoms with Crippen LogP contribution >= 0.6 is 23.2 Å². The summed E-state index contributed by atoms with van der Waals surface area (Å²) < 4.78 is 1.67. The molecule has 0 aliphatic rings. The van der Waals surface area contributed by atoms with Crippen LogP contribution in [-0.2, 0) is 16.0 Å². The number of benzene rings is 1. The third-order valence-electron chi connectivity index (χ3n) is 5.14. The number of nitrogens with one attached hydrogen (secondary N) is 4. The number of pyridine rings is 1. The lowest BCUT2D eigenvalue weighted by Gasteiger charge is -2.14. The highest BCUT2D eigenvalue weighted by Crippen LogP contribution is 2.25. The highest BCUT2D eigenvalue weighted by molar-refractivity contribution is 6.42. The van der Waals surface area contributed by atoms with Crippen LogP contribution in [0.2, 0.25) is 10.0 Å². The van der Waals surface area contributed by atoms with E-state index in [9.17, 15) is 9.59 Å². The fourth-order valence-electron chi connectivity index (χ4n) is 3.35. The molecule has 0 fully saturated rings. The van der Waals surface area contributed by atoms with E-state index in [1.165, 1.54) is 6.33 Å². The van der Waals surface area contributed by atoms with Crippen molar-refractivity contribution in [2.75, 3.05) is 6.54 Å². The topological polar surface area (TPSA) is 155 Å². The molecule has 2 amide bonds. The molecule has 0 bridgehead atoms. The summed E-state index contributed by atoms with van der Waals surface area (Å²) >= 11 is 12.3. The molecule has 0 unspecified atom stereocenters. The van der Waals surface area contributed by atoms with Crippen LogP contribution in [-0.4, -0.2) is 44.5 Å². The Hall–Kier alpha value is -3.93. The van der Waals surface area contributed by atoms with Crippen LogP contribution in [0.1, 0.15) is 12.1 Å². The van der Waals surface area contributed by atoms with E-state index in [4.69, 9.17) is 33.8 Å². The molecule has 3 heterocycles. The number of primary amides is 1. The standard InChI is InChI=1S/C23H22Cl2N8O3/c24-17-4-3-16(9-18(17)25)33-22(10-19(32-33)14-2-1-6-27-11-14)36-30-7-5-21(34)31-20(23(26)35)8-15-12-28-13-29-15/h1-4,6,9-13,20,30H,5,7-8H2,(H4,26,28,29,31,34,35)/p+1/t20-/m0/s1. The Morgan fingerprint density at radius 2 is 2.00 bits per heavy atom. The van der Waals surface area contributed by atoms with Crippen molar-refractivity contribution >= 4 is 35.0 Å². The number of rotatable bonds is 11. The van der Waals surface area contributed by atoms with Crippen LogP contribution in [0.15, 0.2) is 61.3 Å². The van der Waals surface area contributed by atoms with Crippen LogP contribution in [0.5, 0.6) is 5.88 Å². The molecule has 0 aliphatic heterocycles. The van der Waals surface area contributed by atoms with Gasteiger partial charge in [0.15, 0.2) is 0 Å². The fourth-order valence-corrected chi connectivity index (χ4v) is 3.64. The average molecular weight is 530 g/mol. The molecule has 1 atom stereocenters. The molecule has 11 nitrogen and oxygen atoms in total. The van der Waals surface area contributed by atoms with Gasteiger partial charge in [0.25, 0.3) is 0 Å². The summed E-state index contributed by atoms with van der Waals surface area (Å²) in [5, 5.41) is 6.67. The first-order chi connectivity index (χ1) is 17.4. The monoisotopic (exact) mass is 529 g/mol. The van der Waals surface area contributed by atoms with Crippen molar-refractivity contribution in [1.29, 1.82) is 0 Å². The molecule has 6 N–H and O–H groups in total. The van der Waals surface area contributed by atoms with Crippen molar-refractivity contribution in [3.05, 3.63) is 77.1 Å². The predicted octanol–water partition coefficient (Wildman–Crippen LogP) is 1.87. The summed E-state index contributed by atoms with van der Waals surface area (Å²) in [6, 6.07) is 9.79. The normalized spacial score (nSPS) is 11.7. The molecule has 0 saturated carbocycles. The molecule has 186 valence electrons. The number of aromatic nitrogens is 5. The Morgan fingerprint density at radius 3 is 2.69 bits per heavy atom. The van der Waals surface area contributed by atoms with Gasteiger partial charge >= 0.3 is 5.88 Å². The lowest BCUT2D eigenvalue weighted by Crippen LogP contribution is -2.46. The second-order valence-electron chi connectivity index (χ2n) is 7.73. The zero-order valence-corrected chi connectivity index (χ0v) is 20.4. The Bertz CT molecular complexity index is 1330. The second kappa shape index (κ2) is 11.7. The minimum Gasteiger partial charge on any atom is -0.368 e. The molecule has 0 saturated heterocycles. The zero-order valence-electron chi connectivity index (χ0n) is 18.9. The van der Waals surface area contributed by atoms with Gasteiger partial charge in [-0.25, -0.2) is 4.98 Å². The van der Waals surface area contributed by atoms with Crippen LogP contribution in [0.4, 0.5) is 0 Å². The molecule has 1 aromatic carbocycles. The number of imidazole rings is 1. The summed E-state index contributed by atoms with van der Waals surface area (Å²) in [5.41, 5.74) is 11.1. The van der Waals surface area contributed by atoms with Gasteiger partial charge in [-0.05, 0) is 22.9 Å². The first kappa shape index (κ1) is 25.2. The van der Waals surface area contributed by atoms with Crippen molar-refractivity contribution in [3.8, 4) is 22.8 Å². The van der Waals surface area contributed by atoms with Gasteiger partial charge in [-0.3, -0.25) is 14.6 Å². The SMILES string of the molecule is NC(=O)[C@H](Cc1cnc[nH]1)NC(=O)CCNOc1cc(-c2cccnc2)[nH][n+]1-c1ccc(Cl)c(Cl)c1. The van der Waals surface area contributed by atoms with E-state index in [0.29, 0.717) is 27.3 Å². The number of aromatic amines is 2. The molecular weight excluding hydrogens is 507 g/mol. The third kappa shape index (κ3) is 6.39. The van der Waals surface area contributed by atoms with Gasteiger partial charge in [0.1, 0.15) is 11.7 Å². The number of nitrogens with zero attached hydrogens (tertiary/aromatic N) is 3. The first-order valence-corrected chi connectivity index (χ1v) is 11.6. The molecular formula is C23H23Cl2N8O3+. The molecule has 0 radical (unpaired) electrons. The molecule has 3 aromatic heterocycles.